The standard InChI is InChI=1S/C6H10O2/c7-6-2-1-5(3-6)4-8-6/h5,7H,1-4H2. The molecule has 2 nitrogen and oxygen atoms in total. The molecule has 2 atom stereocenters. The highest BCUT2D eigenvalue weighted by molar-refractivity contribution is 4.87. The van der Waals surface area contributed by atoms with Gasteiger partial charge in [0.25, 0.3) is 0 Å². The minimum atomic E-state index is -0.690. The summed E-state index contributed by atoms with van der Waals surface area (Å²) in [7, 11) is 0. The molecule has 0 aromatic rings. The quantitative estimate of drug-likeness (QED) is 0.497. The van der Waals surface area contributed by atoms with Gasteiger partial charge in [0.05, 0.1) is 6.61 Å². The van der Waals surface area contributed by atoms with Crippen molar-refractivity contribution in [3.8, 4) is 0 Å². The van der Waals surface area contributed by atoms with Crippen molar-refractivity contribution in [2.75, 3.05) is 6.61 Å². The molecule has 1 heterocycles. The van der Waals surface area contributed by atoms with Gasteiger partial charge in [0, 0.05) is 12.8 Å². The summed E-state index contributed by atoms with van der Waals surface area (Å²) in [6, 6.07) is 0. The summed E-state index contributed by atoms with van der Waals surface area (Å²) >= 11 is 0. The van der Waals surface area contributed by atoms with Crippen molar-refractivity contribution in [3.05, 3.63) is 0 Å². The maximum Gasteiger partial charge on any atom is 0.165 e. The van der Waals surface area contributed by atoms with E-state index < -0.39 is 5.79 Å². The molecule has 2 fully saturated rings. The van der Waals surface area contributed by atoms with Crippen LogP contribution in [0.1, 0.15) is 19.3 Å². The highest BCUT2D eigenvalue weighted by Gasteiger charge is 2.44. The topological polar surface area (TPSA) is 29.5 Å². The van der Waals surface area contributed by atoms with E-state index in [1.54, 1.807) is 0 Å². The van der Waals surface area contributed by atoms with E-state index in [9.17, 15) is 5.11 Å². The minimum absolute atomic E-state index is 0.667. The zero-order valence-electron chi connectivity index (χ0n) is 4.76. The largest absolute Gasteiger partial charge is 0.365 e. The van der Waals surface area contributed by atoms with Crippen LogP contribution in [-0.4, -0.2) is 17.5 Å². The van der Waals surface area contributed by atoms with E-state index in [4.69, 9.17) is 4.74 Å². The first-order chi connectivity index (χ1) is 3.79. The van der Waals surface area contributed by atoms with E-state index in [-0.39, 0.29) is 0 Å². The van der Waals surface area contributed by atoms with Crippen molar-refractivity contribution >= 4 is 0 Å². The van der Waals surface area contributed by atoms with Crippen LogP contribution in [0.3, 0.4) is 0 Å². The summed E-state index contributed by atoms with van der Waals surface area (Å²) in [4.78, 5) is 0. The van der Waals surface area contributed by atoms with Crippen LogP contribution in [0, 0.1) is 5.92 Å². The zero-order valence-corrected chi connectivity index (χ0v) is 4.76. The van der Waals surface area contributed by atoms with E-state index in [1.807, 2.05) is 0 Å². The first-order valence-electron chi connectivity index (χ1n) is 3.15. The highest BCUT2D eigenvalue weighted by Crippen LogP contribution is 2.41. The molecule has 8 heavy (non-hydrogen) atoms. The Bertz CT molecular complexity index is 103. The van der Waals surface area contributed by atoms with Crippen LogP contribution in [0.25, 0.3) is 0 Å². The molecule has 2 bridgehead atoms. The molecule has 1 saturated carbocycles. The Hall–Kier alpha value is -0.0800. The Morgan fingerprint density at radius 1 is 1.62 bits per heavy atom. The Morgan fingerprint density at radius 2 is 2.50 bits per heavy atom. The van der Waals surface area contributed by atoms with Crippen LogP contribution in [0.5, 0.6) is 0 Å². The number of rotatable bonds is 0. The van der Waals surface area contributed by atoms with E-state index in [2.05, 4.69) is 0 Å². The van der Waals surface area contributed by atoms with Gasteiger partial charge in [-0.1, -0.05) is 0 Å². The Morgan fingerprint density at radius 3 is 2.62 bits per heavy atom. The lowest BCUT2D eigenvalue weighted by atomic mass is 10.1. The summed E-state index contributed by atoms with van der Waals surface area (Å²) < 4.78 is 5.09. The molecule has 1 aliphatic carbocycles. The lowest BCUT2D eigenvalue weighted by Crippen LogP contribution is -2.24. The molecule has 2 unspecified atom stereocenters. The van der Waals surface area contributed by atoms with Crippen LogP contribution in [-0.2, 0) is 4.74 Å². The molecular formula is C6H10O2. The molecule has 0 spiro atoms. The van der Waals surface area contributed by atoms with Gasteiger partial charge in [-0.2, -0.15) is 0 Å². The normalized spacial score (nSPS) is 52.9. The third-order valence-corrected chi connectivity index (χ3v) is 2.14. The van der Waals surface area contributed by atoms with Crippen molar-refractivity contribution in [3.63, 3.8) is 0 Å². The molecule has 1 N–H and O–H groups in total. The maximum atomic E-state index is 9.32. The average Bonchev–Trinajstić information content (AvgIpc) is 2.21. The van der Waals surface area contributed by atoms with Crippen molar-refractivity contribution < 1.29 is 9.84 Å². The molecule has 0 radical (unpaired) electrons. The molecular weight excluding hydrogens is 104 g/mol. The molecule has 2 aliphatic rings. The third-order valence-electron chi connectivity index (χ3n) is 2.14. The monoisotopic (exact) mass is 114 g/mol. The van der Waals surface area contributed by atoms with Crippen LogP contribution < -0.4 is 0 Å². The number of ether oxygens (including phenoxy) is 1. The predicted octanol–water partition coefficient (Wildman–Crippen LogP) is 0.505. The van der Waals surface area contributed by atoms with Gasteiger partial charge in [-0.3, -0.25) is 0 Å². The molecule has 2 rings (SSSR count). The molecule has 1 saturated heterocycles. The van der Waals surface area contributed by atoms with Crippen molar-refractivity contribution in [2.45, 2.75) is 25.0 Å². The van der Waals surface area contributed by atoms with Crippen LogP contribution in [0.2, 0.25) is 0 Å². The average molecular weight is 114 g/mol. The van der Waals surface area contributed by atoms with Gasteiger partial charge >= 0.3 is 0 Å². The molecule has 0 amide bonds. The smallest absolute Gasteiger partial charge is 0.165 e. The Labute approximate surface area is 48.5 Å². The number of hydrogen-bond acceptors (Lipinski definition) is 2. The molecule has 46 valence electrons. The fourth-order valence-electron chi connectivity index (χ4n) is 1.63. The Kier molecular flexibility index (Phi) is 0.746. The first kappa shape index (κ1) is 4.77. The number of hydrogen-bond donors (Lipinski definition) is 1. The third kappa shape index (κ3) is 0.501. The van der Waals surface area contributed by atoms with Crippen molar-refractivity contribution in [1.29, 1.82) is 0 Å². The van der Waals surface area contributed by atoms with Crippen molar-refractivity contribution in [2.24, 2.45) is 5.92 Å². The molecule has 2 heteroatoms. The summed E-state index contributed by atoms with van der Waals surface area (Å²) in [6.45, 7) is 0.788. The van der Waals surface area contributed by atoms with Gasteiger partial charge in [-0.05, 0) is 12.3 Å². The summed E-state index contributed by atoms with van der Waals surface area (Å²) in [5.41, 5.74) is 0. The van der Waals surface area contributed by atoms with Gasteiger partial charge in [0.15, 0.2) is 5.79 Å². The predicted molar refractivity (Wildman–Crippen MR) is 28.2 cm³/mol. The minimum Gasteiger partial charge on any atom is -0.365 e. The SMILES string of the molecule is OC12CCC(CO1)C2. The van der Waals surface area contributed by atoms with Gasteiger partial charge in [0.1, 0.15) is 0 Å². The first-order valence-corrected chi connectivity index (χ1v) is 3.15. The van der Waals surface area contributed by atoms with Gasteiger partial charge in [0.2, 0.25) is 0 Å². The van der Waals surface area contributed by atoms with Gasteiger partial charge < -0.3 is 9.84 Å². The van der Waals surface area contributed by atoms with Crippen LogP contribution in [0.15, 0.2) is 0 Å². The van der Waals surface area contributed by atoms with E-state index >= 15 is 0 Å². The number of fused-ring (bicyclic) bond motifs is 2. The number of aliphatic hydroxyl groups is 1. The maximum absolute atomic E-state index is 9.32. The lowest BCUT2D eigenvalue weighted by molar-refractivity contribution is -0.176. The van der Waals surface area contributed by atoms with Gasteiger partial charge in [-0.25, -0.2) is 0 Å². The summed E-state index contributed by atoms with van der Waals surface area (Å²) in [5.74, 6) is -0.0231. The highest BCUT2D eigenvalue weighted by atomic mass is 16.6. The molecule has 1 aliphatic heterocycles. The summed E-state index contributed by atoms with van der Waals surface area (Å²) in [5, 5.41) is 9.32. The molecule has 0 aromatic carbocycles. The van der Waals surface area contributed by atoms with Crippen molar-refractivity contribution in [1.82, 2.24) is 0 Å². The van der Waals surface area contributed by atoms with E-state index in [0.717, 1.165) is 25.9 Å². The zero-order chi connectivity index (χ0) is 5.61. The summed E-state index contributed by atoms with van der Waals surface area (Å²) in [6.07, 6.45) is 2.90. The Balaban J connectivity index is 2.19. The lowest BCUT2D eigenvalue weighted by Gasteiger charge is -2.18. The van der Waals surface area contributed by atoms with Gasteiger partial charge in [-0.15, -0.1) is 0 Å². The van der Waals surface area contributed by atoms with Crippen LogP contribution in [0.4, 0.5) is 0 Å². The second-order valence-electron chi connectivity index (χ2n) is 2.87. The second kappa shape index (κ2) is 1.25. The van der Waals surface area contributed by atoms with Crippen LogP contribution >= 0.6 is 0 Å². The fourth-order valence-corrected chi connectivity index (χ4v) is 1.63. The molecule has 0 aromatic heterocycles. The second-order valence-corrected chi connectivity index (χ2v) is 2.87. The van der Waals surface area contributed by atoms with E-state index in [0.29, 0.717) is 5.92 Å². The van der Waals surface area contributed by atoms with E-state index in [1.165, 1.54) is 0 Å². The fraction of sp³-hybridized carbons (Fsp3) is 1.00.